The molecule has 1 amide bonds. The van der Waals surface area contributed by atoms with Gasteiger partial charge in [0.15, 0.2) is 0 Å². The Hall–Kier alpha value is -3.46. The van der Waals surface area contributed by atoms with Crippen LogP contribution in [0.4, 0.5) is 20.6 Å². The van der Waals surface area contributed by atoms with Gasteiger partial charge in [-0.2, -0.15) is 0 Å². The topological polar surface area (TPSA) is 71.0 Å². The first-order valence-electron chi connectivity index (χ1n) is 10.6. The lowest BCUT2D eigenvalue weighted by atomic mass is 10.2. The van der Waals surface area contributed by atoms with E-state index >= 15 is 0 Å². The Morgan fingerprint density at radius 2 is 2.00 bits per heavy atom. The number of amides is 1. The molecule has 2 fully saturated rings. The summed E-state index contributed by atoms with van der Waals surface area (Å²) in [6.07, 6.45) is 1.13. The number of methoxy groups -OCH3 is 1. The predicted molar refractivity (Wildman–Crippen MR) is 119 cm³/mol. The van der Waals surface area contributed by atoms with E-state index < -0.39 is 6.09 Å². The first kappa shape index (κ1) is 20.4. The SMILES string of the molecule is COc1ccc2nccc(N3CCN(C[C@H]4CN(c5cccc(F)c5)C(=O)O4)CC3)c2n1. The summed E-state index contributed by atoms with van der Waals surface area (Å²) in [4.78, 5) is 27.4. The summed E-state index contributed by atoms with van der Waals surface area (Å²) >= 11 is 0. The minimum absolute atomic E-state index is 0.245. The molecule has 2 aromatic heterocycles. The molecule has 0 spiro atoms. The van der Waals surface area contributed by atoms with Crippen molar-refractivity contribution in [2.75, 3.05) is 56.2 Å². The van der Waals surface area contributed by atoms with Gasteiger partial charge in [0, 0.05) is 45.0 Å². The smallest absolute Gasteiger partial charge is 0.414 e. The summed E-state index contributed by atoms with van der Waals surface area (Å²) in [5, 5.41) is 0. The van der Waals surface area contributed by atoms with Gasteiger partial charge in [-0.05, 0) is 30.3 Å². The highest BCUT2D eigenvalue weighted by molar-refractivity contribution is 5.90. The number of carbonyl (C=O) groups is 1. The number of piperazine rings is 1. The molecule has 1 aromatic carbocycles. The molecular weight excluding hydrogens is 413 g/mol. The zero-order valence-corrected chi connectivity index (χ0v) is 17.8. The van der Waals surface area contributed by atoms with Crippen LogP contribution in [0.3, 0.4) is 0 Å². The van der Waals surface area contributed by atoms with Crippen LogP contribution in [0, 0.1) is 5.82 Å². The van der Waals surface area contributed by atoms with E-state index in [0.717, 1.165) is 42.9 Å². The average molecular weight is 437 g/mol. The molecule has 2 saturated heterocycles. The summed E-state index contributed by atoms with van der Waals surface area (Å²) in [6.45, 7) is 4.39. The molecule has 0 saturated carbocycles. The van der Waals surface area contributed by atoms with Crippen LogP contribution in [0.15, 0.2) is 48.7 Å². The Bertz CT molecular complexity index is 1140. The lowest BCUT2D eigenvalue weighted by Crippen LogP contribution is -2.49. The van der Waals surface area contributed by atoms with Crippen LogP contribution in [0.1, 0.15) is 0 Å². The number of pyridine rings is 2. The van der Waals surface area contributed by atoms with E-state index in [4.69, 9.17) is 9.47 Å². The number of halogens is 1. The minimum atomic E-state index is -0.428. The average Bonchev–Trinajstić information content (AvgIpc) is 3.18. The number of carbonyl (C=O) groups excluding carboxylic acids is 1. The second kappa shape index (κ2) is 8.58. The third-order valence-electron chi connectivity index (χ3n) is 5.91. The number of rotatable bonds is 5. The minimum Gasteiger partial charge on any atom is -0.481 e. The molecule has 3 aromatic rings. The highest BCUT2D eigenvalue weighted by atomic mass is 19.1. The van der Waals surface area contributed by atoms with Crippen molar-refractivity contribution in [1.82, 2.24) is 14.9 Å². The quantitative estimate of drug-likeness (QED) is 0.608. The van der Waals surface area contributed by atoms with Gasteiger partial charge in [-0.25, -0.2) is 14.2 Å². The molecule has 0 radical (unpaired) electrons. The molecule has 9 heteroatoms. The van der Waals surface area contributed by atoms with Gasteiger partial charge in [-0.1, -0.05) is 6.07 Å². The second-order valence-electron chi connectivity index (χ2n) is 7.94. The first-order chi connectivity index (χ1) is 15.6. The molecule has 0 aliphatic carbocycles. The van der Waals surface area contributed by atoms with Gasteiger partial charge in [0.25, 0.3) is 0 Å². The maximum absolute atomic E-state index is 13.5. The van der Waals surface area contributed by atoms with E-state index in [0.29, 0.717) is 24.7 Å². The van der Waals surface area contributed by atoms with E-state index in [2.05, 4.69) is 19.8 Å². The van der Waals surface area contributed by atoms with Crippen LogP contribution in [0.5, 0.6) is 5.88 Å². The predicted octanol–water partition coefficient (Wildman–Crippen LogP) is 2.92. The van der Waals surface area contributed by atoms with Crippen molar-refractivity contribution in [2.45, 2.75) is 6.10 Å². The number of ether oxygens (including phenoxy) is 2. The number of hydrogen-bond acceptors (Lipinski definition) is 7. The van der Waals surface area contributed by atoms with Crippen LogP contribution in [-0.2, 0) is 4.74 Å². The van der Waals surface area contributed by atoms with Crippen LogP contribution < -0.4 is 14.5 Å². The van der Waals surface area contributed by atoms with Gasteiger partial charge >= 0.3 is 6.09 Å². The number of nitrogens with zero attached hydrogens (tertiary/aromatic N) is 5. The van der Waals surface area contributed by atoms with Crippen LogP contribution >= 0.6 is 0 Å². The van der Waals surface area contributed by atoms with E-state index in [1.54, 1.807) is 25.4 Å². The largest absolute Gasteiger partial charge is 0.481 e. The van der Waals surface area contributed by atoms with E-state index in [1.807, 2.05) is 18.2 Å². The number of anilines is 2. The number of hydrogen-bond donors (Lipinski definition) is 0. The molecule has 0 N–H and O–H groups in total. The molecule has 0 bridgehead atoms. The maximum Gasteiger partial charge on any atom is 0.414 e. The van der Waals surface area contributed by atoms with Crippen molar-refractivity contribution in [2.24, 2.45) is 0 Å². The van der Waals surface area contributed by atoms with Crippen molar-refractivity contribution < 1.29 is 18.7 Å². The second-order valence-corrected chi connectivity index (χ2v) is 7.94. The summed E-state index contributed by atoms with van der Waals surface area (Å²) in [5.74, 6) is 0.196. The third kappa shape index (κ3) is 4.03. The van der Waals surface area contributed by atoms with Gasteiger partial charge in [0.1, 0.15) is 17.4 Å². The Morgan fingerprint density at radius 3 is 2.78 bits per heavy atom. The number of cyclic esters (lactones) is 1. The first-order valence-corrected chi connectivity index (χ1v) is 10.6. The molecule has 2 aliphatic heterocycles. The molecule has 4 heterocycles. The summed E-state index contributed by atoms with van der Waals surface area (Å²) in [5.41, 5.74) is 3.23. The lowest BCUT2D eigenvalue weighted by Gasteiger charge is -2.36. The molecule has 5 rings (SSSR count). The Morgan fingerprint density at radius 1 is 1.16 bits per heavy atom. The van der Waals surface area contributed by atoms with E-state index in [-0.39, 0.29) is 11.9 Å². The van der Waals surface area contributed by atoms with Crippen molar-refractivity contribution in [3.05, 3.63) is 54.5 Å². The normalized spacial score (nSPS) is 19.4. The van der Waals surface area contributed by atoms with Crippen molar-refractivity contribution in [3.63, 3.8) is 0 Å². The molecule has 2 aliphatic rings. The van der Waals surface area contributed by atoms with Crippen molar-refractivity contribution in [3.8, 4) is 5.88 Å². The zero-order valence-electron chi connectivity index (χ0n) is 17.8. The van der Waals surface area contributed by atoms with Crippen molar-refractivity contribution >= 4 is 28.5 Å². The van der Waals surface area contributed by atoms with Crippen molar-refractivity contribution in [1.29, 1.82) is 0 Å². The highest BCUT2D eigenvalue weighted by Crippen LogP contribution is 2.27. The summed E-state index contributed by atoms with van der Waals surface area (Å²) in [7, 11) is 1.61. The molecule has 32 heavy (non-hydrogen) atoms. The van der Waals surface area contributed by atoms with Gasteiger partial charge in [0.05, 0.1) is 30.5 Å². The fraction of sp³-hybridized carbons (Fsp3) is 0.348. The van der Waals surface area contributed by atoms with Gasteiger partial charge < -0.3 is 14.4 Å². The standard InChI is InChI=1S/C23H24FN5O3/c1-31-21-6-5-19-22(26-21)20(7-8-25-19)28-11-9-27(10-12-28)14-18-15-29(23(30)32-18)17-4-2-3-16(24)13-17/h2-8,13,18H,9-12,14-15H2,1H3/t18-/m0/s1. The monoisotopic (exact) mass is 437 g/mol. The fourth-order valence-electron chi connectivity index (χ4n) is 4.29. The Balaban J connectivity index is 1.22. The summed E-state index contributed by atoms with van der Waals surface area (Å²) < 4.78 is 24.3. The molecule has 1 atom stereocenters. The molecular formula is C23H24FN5O3. The fourth-order valence-corrected chi connectivity index (χ4v) is 4.29. The highest BCUT2D eigenvalue weighted by Gasteiger charge is 2.34. The molecule has 0 unspecified atom stereocenters. The number of aromatic nitrogens is 2. The van der Waals surface area contributed by atoms with Gasteiger partial charge in [0.2, 0.25) is 5.88 Å². The van der Waals surface area contributed by atoms with Crippen LogP contribution in [0.25, 0.3) is 11.0 Å². The lowest BCUT2D eigenvalue weighted by molar-refractivity contribution is 0.106. The Labute approximate surface area is 185 Å². The van der Waals surface area contributed by atoms with Crippen LogP contribution in [-0.4, -0.2) is 73.4 Å². The number of benzene rings is 1. The van der Waals surface area contributed by atoms with Crippen LogP contribution in [0.2, 0.25) is 0 Å². The van der Waals surface area contributed by atoms with Gasteiger partial charge in [-0.15, -0.1) is 0 Å². The Kier molecular flexibility index (Phi) is 5.48. The summed E-state index contributed by atoms with van der Waals surface area (Å²) in [6, 6.07) is 11.7. The van der Waals surface area contributed by atoms with E-state index in [1.165, 1.54) is 17.0 Å². The zero-order chi connectivity index (χ0) is 22.1. The maximum atomic E-state index is 13.5. The number of fused-ring (bicyclic) bond motifs is 1. The van der Waals surface area contributed by atoms with E-state index in [9.17, 15) is 9.18 Å². The molecule has 8 nitrogen and oxygen atoms in total. The van der Waals surface area contributed by atoms with Gasteiger partial charge in [-0.3, -0.25) is 14.8 Å². The molecule has 166 valence electrons. The third-order valence-corrected chi connectivity index (χ3v) is 5.91.